The maximum Gasteiger partial charge on any atom is 0.416 e. The third-order valence-electron chi connectivity index (χ3n) is 5.93. The van der Waals surface area contributed by atoms with Crippen LogP contribution in [0.25, 0.3) is 5.57 Å². The van der Waals surface area contributed by atoms with Crippen molar-refractivity contribution in [3.05, 3.63) is 109 Å². The Bertz CT molecular complexity index is 1360. The van der Waals surface area contributed by atoms with Gasteiger partial charge in [-0.25, -0.2) is 4.79 Å². The number of H-pyrrole nitrogens is 2. The van der Waals surface area contributed by atoms with E-state index in [9.17, 15) is 28.0 Å². The van der Waals surface area contributed by atoms with Crippen LogP contribution in [0.15, 0.2) is 64.2 Å². The summed E-state index contributed by atoms with van der Waals surface area (Å²) in [5, 5.41) is 9.38. The SMILES string of the molecule is N#Cc1cc(C(F)(F)F)ccc1C1=CCC(c2[nH]c(=O)[nH]c(=O)c2Cc2ccccc2)CC1. The number of nitrogens with zero attached hydrogens (tertiary/aromatic N) is 1. The molecule has 1 aliphatic rings. The number of aromatic amines is 2. The number of benzene rings is 2. The molecular weight excluding hydrogens is 431 g/mol. The van der Waals surface area contributed by atoms with Crippen molar-refractivity contribution in [1.29, 1.82) is 5.26 Å². The number of hydrogen-bond donors (Lipinski definition) is 2. The minimum absolute atomic E-state index is 0.0242. The number of aromatic nitrogens is 2. The zero-order valence-electron chi connectivity index (χ0n) is 17.5. The summed E-state index contributed by atoms with van der Waals surface area (Å²) in [7, 11) is 0. The number of alkyl halides is 3. The van der Waals surface area contributed by atoms with Crippen LogP contribution in [0.3, 0.4) is 0 Å². The van der Waals surface area contributed by atoms with Crippen LogP contribution in [0.1, 0.15) is 58.7 Å². The summed E-state index contributed by atoms with van der Waals surface area (Å²) < 4.78 is 39.0. The average molecular weight is 451 g/mol. The van der Waals surface area contributed by atoms with E-state index >= 15 is 0 Å². The highest BCUT2D eigenvalue weighted by atomic mass is 19.4. The summed E-state index contributed by atoms with van der Waals surface area (Å²) in [5.41, 5.74) is 1.39. The summed E-state index contributed by atoms with van der Waals surface area (Å²) in [6.07, 6.45) is -0.695. The van der Waals surface area contributed by atoms with Gasteiger partial charge < -0.3 is 4.98 Å². The van der Waals surface area contributed by atoms with E-state index in [-0.39, 0.29) is 11.5 Å². The number of allylic oxidation sites excluding steroid dienone is 2. The summed E-state index contributed by atoms with van der Waals surface area (Å²) in [4.78, 5) is 29.6. The van der Waals surface area contributed by atoms with Gasteiger partial charge in [0.2, 0.25) is 0 Å². The quantitative estimate of drug-likeness (QED) is 0.592. The van der Waals surface area contributed by atoms with Crippen molar-refractivity contribution in [2.45, 2.75) is 37.8 Å². The first kappa shape index (κ1) is 22.3. The molecule has 2 N–H and O–H groups in total. The zero-order chi connectivity index (χ0) is 23.6. The first-order valence-electron chi connectivity index (χ1n) is 10.5. The van der Waals surface area contributed by atoms with E-state index in [1.54, 1.807) is 0 Å². The summed E-state index contributed by atoms with van der Waals surface area (Å²) >= 11 is 0. The second kappa shape index (κ2) is 8.94. The van der Waals surface area contributed by atoms with Crippen LogP contribution < -0.4 is 11.2 Å². The molecule has 2 aromatic carbocycles. The van der Waals surface area contributed by atoms with Crippen molar-refractivity contribution in [1.82, 2.24) is 9.97 Å². The lowest BCUT2D eigenvalue weighted by Crippen LogP contribution is -2.30. The molecule has 4 rings (SSSR count). The van der Waals surface area contributed by atoms with Gasteiger partial charge in [0.1, 0.15) is 0 Å². The van der Waals surface area contributed by atoms with Gasteiger partial charge in [-0.2, -0.15) is 18.4 Å². The van der Waals surface area contributed by atoms with Crippen LogP contribution in [0, 0.1) is 11.3 Å². The van der Waals surface area contributed by atoms with Crippen LogP contribution in [-0.4, -0.2) is 9.97 Å². The average Bonchev–Trinajstić information content (AvgIpc) is 2.80. The molecule has 0 saturated heterocycles. The van der Waals surface area contributed by atoms with Crippen LogP contribution >= 0.6 is 0 Å². The van der Waals surface area contributed by atoms with E-state index in [1.807, 2.05) is 42.5 Å². The van der Waals surface area contributed by atoms with Crippen molar-refractivity contribution in [3.8, 4) is 6.07 Å². The van der Waals surface area contributed by atoms with E-state index in [4.69, 9.17) is 0 Å². The molecule has 3 aromatic rings. The van der Waals surface area contributed by atoms with Crippen LogP contribution in [0.4, 0.5) is 13.2 Å². The first-order valence-corrected chi connectivity index (χ1v) is 10.5. The van der Waals surface area contributed by atoms with Crippen molar-refractivity contribution < 1.29 is 13.2 Å². The molecule has 0 aliphatic heterocycles. The molecule has 8 heteroatoms. The summed E-state index contributed by atoms with van der Waals surface area (Å²) in [6, 6.07) is 14.5. The standard InChI is InChI=1S/C25H20F3N3O2/c26-25(27,28)19-10-11-20(18(13-19)14-29)16-6-8-17(9-7-16)22-21(23(32)31-24(33)30-22)12-15-4-2-1-3-5-15/h1-6,10-11,13,17H,7-9,12H2,(H2,30,31,32,33). The van der Waals surface area contributed by atoms with Gasteiger partial charge in [-0.15, -0.1) is 0 Å². The van der Waals surface area contributed by atoms with Crippen LogP contribution in [0.5, 0.6) is 0 Å². The molecule has 1 aliphatic carbocycles. The monoisotopic (exact) mass is 451 g/mol. The molecule has 0 radical (unpaired) electrons. The first-order chi connectivity index (χ1) is 15.8. The van der Waals surface area contributed by atoms with Crippen molar-refractivity contribution >= 4 is 5.57 Å². The molecular formula is C25H20F3N3O2. The molecule has 33 heavy (non-hydrogen) atoms. The molecule has 0 bridgehead atoms. The Morgan fingerprint density at radius 1 is 1.06 bits per heavy atom. The normalized spacial score (nSPS) is 16.2. The Morgan fingerprint density at radius 3 is 2.45 bits per heavy atom. The van der Waals surface area contributed by atoms with Gasteiger partial charge in [-0.1, -0.05) is 42.5 Å². The molecule has 1 atom stereocenters. The van der Waals surface area contributed by atoms with E-state index < -0.39 is 23.0 Å². The second-order valence-corrected chi connectivity index (χ2v) is 8.03. The van der Waals surface area contributed by atoms with Gasteiger partial charge >= 0.3 is 11.9 Å². The molecule has 5 nitrogen and oxygen atoms in total. The lowest BCUT2D eigenvalue weighted by atomic mass is 9.82. The Labute approximate surface area is 187 Å². The minimum atomic E-state index is -4.52. The molecule has 0 saturated carbocycles. The molecule has 1 heterocycles. The minimum Gasteiger partial charge on any atom is -0.311 e. The van der Waals surface area contributed by atoms with Gasteiger partial charge in [0, 0.05) is 23.6 Å². The molecule has 168 valence electrons. The van der Waals surface area contributed by atoms with E-state index in [0.29, 0.717) is 42.5 Å². The van der Waals surface area contributed by atoms with Gasteiger partial charge in [0.25, 0.3) is 5.56 Å². The van der Waals surface area contributed by atoms with Crippen LogP contribution in [0.2, 0.25) is 0 Å². The number of rotatable bonds is 4. The fourth-order valence-corrected chi connectivity index (χ4v) is 4.29. The van der Waals surface area contributed by atoms with Gasteiger partial charge in [-0.05, 0) is 48.1 Å². The second-order valence-electron chi connectivity index (χ2n) is 8.03. The number of halogens is 3. The number of hydrogen-bond acceptors (Lipinski definition) is 3. The highest BCUT2D eigenvalue weighted by molar-refractivity contribution is 5.72. The Balaban J connectivity index is 1.64. The van der Waals surface area contributed by atoms with E-state index in [2.05, 4.69) is 9.97 Å². The third-order valence-corrected chi connectivity index (χ3v) is 5.93. The maximum atomic E-state index is 13.0. The van der Waals surface area contributed by atoms with E-state index in [0.717, 1.165) is 23.3 Å². The van der Waals surface area contributed by atoms with Gasteiger partial charge in [-0.3, -0.25) is 9.78 Å². The molecule has 1 unspecified atom stereocenters. The van der Waals surface area contributed by atoms with Crippen molar-refractivity contribution in [2.24, 2.45) is 0 Å². The zero-order valence-corrected chi connectivity index (χ0v) is 17.5. The summed E-state index contributed by atoms with van der Waals surface area (Å²) in [5.74, 6) is -0.123. The highest BCUT2D eigenvalue weighted by Gasteiger charge is 2.31. The third kappa shape index (κ3) is 4.82. The fourth-order valence-electron chi connectivity index (χ4n) is 4.29. The lowest BCUT2D eigenvalue weighted by Gasteiger charge is -2.24. The molecule has 0 fully saturated rings. The molecule has 1 aromatic heterocycles. The fraction of sp³-hybridized carbons (Fsp3) is 0.240. The predicted molar refractivity (Wildman–Crippen MR) is 118 cm³/mol. The number of nitriles is 1. The Kier molecular flexibility index (Phi) is 6.05. The summed E-state index contributed by atoms with van der Waals surface area (Å²) in [6.45, 7) is 0. The van der Waals surface area contributed by atoms with Crippen molar-refractivity contribution in [2.75, 3.05) is 0 Å². The molecule has 0 amide bonds. The van der Waals surface area contributed by atoms with Gasteiger partial charge in [0.15, 0.2) is 0 Å². The van der Waals surface area contributed by atoms with E-state index in [1.165, 1.54) is 6.07 Å². The number of nitrogens with one attached hydrogen (secondary N) is 2. The molecule has 0 spiro atoms. The van der Waals surface area contributed by atoms with Gasteiger partial charge in [0.05, 0.1) is 17.2 Å². The highest BCUT2D eigenvalue weighted by Crippen LogP contribution is 2.38. The largest absolute Gasteiger partial charge is 0.416 e. The Hall–Kier alpha value is -3.86. The van der Waals surface area contributed by atoms with Crippen LogP contribution in [-0.2, 0) is 12.6 Å². The lowest BCUT2D eigenvalue weighted by molar-refractivity contribution is -0.137. The topological polar surface area (TPSA) is 89.5 Å². The maximum absolute atomic E-state index is 13.0. The Morgan fingerprint density at radius 2 is 1.82 bits per heavy atom. The van der Waals surface area contributed by atoms with Crippen molar-refractivity contribution in [3.63, 3.8) is 0 Å². The smallest absolute Gasteiger partial charge is 0.311 e. The predicted octanol–water partition coefficient (Wildman–Crippen LogP) is 4.90.